The Morgan fingerprint density at radius 2 is 1.96 bits per heavy atom. The van der Waals surface area contributed by atoms with Gasteiger partial charge in [-0.2, -0.15) is 0 Å². The van der Waals surface area contributed by atoms with E-state index in [9.17, 15) is 4.79 Å². The fourth-order valence-corrected chi connectivity index (χ4v) is 2.58. The smallest absolute Gasteiger partial charge is 0.260 e. The average Bonchev–Trinajstić information content (AvgIpc) is 3.31. The molecule has 9 nitrogen and oxygen atoms in total. The molecule has 1 N–H and O–H groups in total. The van der Waals surface area contributed by atoms with Gasteiger partial charge in [-0.3, -0.25) is 9.36 Å². The molecule has 0 aliphatic carbocycles. The van der Waals surface area contributed by atoms with Gasteiger partial charge in [0, 0.05) is 24.1 Å². The zero-order chi connectivity index (χ0) is 19.5. The number of hydrogen-bond donors (Lipinski definition) is 1. The van der Waals surface area contributed by atoms with Crippen LogP contribution >= 0.6 is 0 Å². The van der Waals surface area contributed by atoms with Crippen LogP contribution in [-0.4, -0.2) is 30.6 Å². The highest BCUT2D eigenvalue weighted by Gasteiger charge is 2.13. The van der Waals surface area contributed by atoms with E-state index in [1.807, 2.05) is 17.7 Å². The fraction of sp³-hybridized carbons (Fsp3) is 0.105. The topological polar surface area (TPSA) is 108 Å². The normalized spacial score (nSPS) is 10.6. The molecule has 4 rings (SSSR count). The first-order chi connectivity index (χ1) is 13.6. The summed E-state index contributed by atoms with van der Waals surface area (Å²) in [7, 11) is 0. The first kappa shape index (κ1) is 17.4. The summed E-state index contributed by atoms with van der Waals surface area (Å²) in [4.78, 5) is 24.7. The molecule has 0 unspecified atom stereocenters. The maximum absolute atomic E-state index is 12.2. The van der Waals surface area contributed by atoms with Crippen LogP contribution in [0.2, 0.25) is 0 Å². The summed E-state index contributed by atoms with van der Waals surface area (Å²) in [6, 6.07) is 8.66. The van der Waals surface area contributed by atoms with E-state index in [2.05, 4.69) is 25.4 Å². The lowest BCUT2D eigenvalue weighted by molar-refractivity contribution is 0.102. The van der Waals surface area contributed by atoms with Gasteiger partial charge < -0.3 is 14.6 Å². The summed E-state index contributed by atoms with van der Waals surface area (Å²) in [5.74, 6) is 2.62. The van der Waals surface area contributed by atoms with Gasteiger partial charge in [0.1, 0.15) is 35.0 Å². The van der Waals surface area contributed by atoms with Crippen molar-refractivity contribution in [1.29, 1.82) is 0 Å². The highest BCUT2D eigenvalue weighted by Crippen LogP contribution is 2.23. The summed E-state index contributed by atoms with van der Waals surface area (Å²) in [5.41, 5.74) is 1.01. The lowest BCUT2D eigenvalue weighted by atomic mass is 10.2. The molecule has 1 amide bonds. The Labute approximate surface area is 160 Å². The Hall–Kier alpha value is -4.01. The van der Waals surface area contributed by atoms with Crippen molar-refractivity contribution in [2.24, 2.45) is 0 Å². The van der Waals surface area contributed by atoms with E-state index in [1.54, 1.807) is 43.5 Å². The first-order valence-corrected chi connectivity index (χ1v) is 8.43. The molecule has 28 heavy (non-hydrogen) atoms. The van der Waals surface area contributed by atoms with E-state index in [0.717, 1.165) is 5.82 Å². The highest BCUT2D eigenvalue weighted by molar-refractivity contribution is 6.04. The van der Waals surface area contributed by atoms with Gasteiger partial charge in [-0.25, -0.2) is 15.0 Å². The second-order valence-corrected chi connectivity index (χ2v) is 5.94. The van der Waals surface area contributed by atoms with Gasteiger partial charge in [0.15, 0.2) is 0 Å². The molecule has 0 atom stereocenters. The molecule has 9 heteroatoms. The van der Waals surface area contributed by atoms with Crippen LogP contribution in [0.1, 0.15) is 21.9 Å². The molecule has 0 aliphatic heterocycles. The summed E-state index contributed by atoms with van der Waals surface area (Å²) < 4.78 is 12.5. The minimum Gasteiger partial charge on any atom is -0.439 e. The summed E-state index contributed by atoms with van der Waals surface area (Å²) in [6.45, 7) is 3.57. The molecular weight excluding hydrogens is 360 g/mol. The number of rotatable bonds is 5. The van der Waals surface area contributed by atoms with Gasteiger partial charge in [-0.15, -0.1) is 0 Å². The molecule has 3 aromatic heterocycles. The first-order valence-electron chi connectivity index (χ1n) is 8.43. The van der Waals surface area contributed by atoms with Crippen LogP contribution in [0.3, 0.4) is 0 Å². The van der Waals surface area contributed by atoms with Crippen molar-refractivity contribution in [1.82, 2.24) is 24.7 Å². The van der Waals surface area contributed by atoms with E-state index in [4.69, 9.17) is 9.26 Å². The maximum atomic E-state index is 12.2. The number of imidazole rings is 1. The molecule has 0 spiro atoms. The van der Waals surface area contributed by atoms with E-state index < -0.39 is 0 Å². The summed E-state index contributed by atoms with van der Waals surface area (Å²) >= 11 is 0. The van der Waals surface area contributed by atoms with Gasteiger partial charge in [0.2, 0.25) is 5.88 Å². The van der Waals surface area contributed by atoms with E-state index in [0.29, 0.717) is 34.5 Å². The molecule has 0 radical (unpaired) electrons. The third-order valence-electron chi connectivity index (χ3n) is 4.03. The predicted octanol–water partition coefficient (Wildman–Crippen LogP) is 3.31. The van der Waals surface area contributed by atoms with Crippen molar-refractivity contribution in [2.45, 2.75) is 13.8 Å². The molecule has 0 saturated heterocycles. The number of nitrogens with zero attached hydrogens (tertiary/aromatic N) is 5. The standard InChI is InChI=1S/C19H16N6O3/c1-12-16(10-23-28-12)19(26)24-14-3-5-15(6-4-14)27-18-9-17(21-11-22-18)25-8-7-20-13(25)2/h3-11H,1-2H3,(H,24,26). The van der Waals surface area contributed by atoms with Crippen molar-refractivity contribution >= 4 is 11.6 Å². The van der Waals surface area contributed by atoms with Crippen LogP contribution in [0.25, 0.3) is 5.82 Å². The number of aromatic nitrogens is 5. The number of benzene rings is 1. The second-order valence-electron chi connectivity index (χ2n) is 5.94. The number of anilines is 1. The maximum Gasteiger partial charge on any atom is 0.260 e. The van der Waals surface area contributed by atoms with Crippen LogP contribution in [0.5, 0.6) is 11.6 Å². The van der Waals surface area contributed by atoms with Crippen molar-refractivity contribution in [3.8, 4) is 17.4 Å². The average molecular weight is 376 g/mol. The Morgan fingerprint density at radius 3 is 2.64 bits per heavy atom. The monoisotopic (exact) mass is 376 g/mol. The molecule has 0 saturated carbocycles. The zero-order valence-corrected chi connectivity index (χ0v) is 15.2. The van der Waals surface area contributed by atoms with Gasteiger partial charge in [-0.05, 0) is 38.1 Å². The summed E-state index contributed by atoms with van der Waals surface area (Å²) in [6.07, 6.45) is 6.33. The van der Waals surface area contributed by atoms with Crippen LogP contribution < -0.4 is 10.1 Å². The third kappa shape index (κ3) is 3.58. The van der Waals surface area contributed by atoms with Crippen molar-refractivity contribution in [3.63, 3.8) is 0 Å². The van der Waals surface area contributed by atoms with Crippen molar-refractivity contribution in [2.75, 3.05) is 5.32 Å². The Kier molecular flexibility index (Phi) is 4.55. The number of ether oxygens (including phenoxy) is 1. The Bertz CT molecular complexity index is 1120. The molecule has 0 aliphatic rings. The molecule has 3 heterocycles. The molecular formula is C19H16N6O3. The predicted molar refractivity (Wildman–Crippen MR) is 99.6 cm³/mol. The largest absolute Gasteiger partial charge is 0.439 e. The van der Waals surface area contributed by atoms with Crippen LogP contribution in [0, 0.1) is 13.8 Å². The van der Waals surface area contributed by atoms with Crippen LogP contribution in [-0.2, 0) is 0 Å². The molecule has 4 aromatic rings. The Balaban J connectivity index is 1.46. The number of carbonyl (C=O) groups is 1. The van der Waals surface area contributed by atoms with Gasteiger partial charge in [0.05, 0.1) is 6.20 Å². The quantitative estimate of drug-likeness (QED) is 0.569. The zero-order valence-electron chi connectivity index (χ0n) is 15.2. The minimum atomic E-state index is -0.288. The van der Waals surface area contributed by atoms with Crippen molar-refractivity contribution < 1.29 is 14.1 Å². The number of carbonyl (C=O) groups excluding carboxylic acids is 1. The van der Waals surface area contributed by atoms with E-state index in [1.165, 1.54) is 12.5 Å². The van der Waals surface area contributed by atoms with Gasteiger partial charge in [0.25, 0.3) is 5.91 Å². The SMILES string of the molecule is Cc1oncc1C(=O)Nc1ccc(Oc2cc(-n3ccnc3C)ncn2)cc1. The molecule has 1 aromatic carbocycles. The molecule has 140 valence electrons. The number of hydrogen-bond acceptors (Lipinski definition) is 7. The van der Waals surface area contributed by atoms with Crippen LogP contribution in [0.15, 0.2) is 59.8 Å². The fourth-order valence-electron chi connectivity index (χ4n) is 2.58. The molecule has 0 fully saturated rings. The van der Waals surface area contributed by atoms with Crippen molar-refractivity contribution in [3.05, 3.63) is 72.4 Å². The molecule has 0 bridgehead atoms. The van der Waals surface area contributed by atoms with E-state index >= 15 is 0 Å². The van der Waals surface area contributed by atoms with Crippen LogP contribution in [0.4, 0.5) is 5.69 Å². The Morgan fingerprint density at radius 1 is 1.14 bits per heavy atom. The summed E-state index contributed by atoms with van der Waals surface area (Å²) in [5, 5.41) is 6.38. The third-order valence-corrected chi connectivity index (χ3v) is 4.03. The van der Waals surface area contributed by atoms with E-state index in [-0.39, 0.29) is 5.91 Å². The number of aryl methyl sites for hydroxylation is 2. The second kappa shape index (κ2) is 7.31. The highest BCUT2D eigenvalue weighted by atomic mass is 16.5. The number of nitrogens with one attached hydrogen (secondary N) is 1. The van der Waals surface area contributed by atoms with Gasteiger partial charge >= 0.3 is 0 Å². The minimum absolute atomic E-state index is 0.288. The lowest BCUT2D eigenvalue weighted by Crippen LogP contribution is -2.11. The number of amides is 1. The lowest BCUT2D eigenvalue weighted by Gasteiger charge is -2.09. The van der Waals surface area contributed by atoms with Gasteiger partial charge in [-0.1, -0.05) is 5.16 Å².